The number of benzene rings is 1. The van der Waals surface area contributed by atoms with Crippen molar-refractivity contribution in [1.29, 1.82) is 0 Å². The van der Waals surface area contributed by atoms with Gasteiger partial charge in [-0.15, -0.1) is 0 Å². The quantitative estimate of drug-likeness (QED) is 0.749. The molecular weight excluding hydrogens is 216 g/mol. The maximum atomic E-state index is 9.77. The summed E-state index contributed by atoms with van der Waals surface area (Å²) in [7, 11) is 0. The summed E-state index contributed by atoms with van der Waals surface area (Å²) in [5.41, 5.74) is 3.24. The van der Waals surface area contributed by atoms with Crippen molar-refractivity contribution in [2.24, 2.45) is 0 Å². The van der Waals surface area contributed by atoms with Gasteiger partial charge in [-0.05, 0) is 38.0 Å². The lowest BCUT2D eigenvalue weighted by Crippen LogP contribution is -2.39. The van der Waals surface area contributed by atoms with Gasteiger partial charge in [0.05, 0.1) is 6.10 Å². The first-order valence-electron chi connectivity index (χ1n) is 6.10. The second kappa shape index (κ2) is 3.47. The molecule has 3 heteroatoms. The summed E-state index contributed by atoms with van der Waals surface area (Å²) in [4.78, 5) is 0. The molecule has 2 atom stereocenters. The van der Waals surface area contributed by atoms with Crippen LogP contribution in [0, 0.1) is 6.92 Å². The number of aliphatic hydroxyl groups excluding tert-OH is 1. The summed E-state index contributed by atoms with van der Waals surface area (Å²) < 4.78 is 11.7. The lowest BCUT2D eigenvalue weighted by molar-refractivity contribution is -0.166. The first-order chi connectivity index (χ1) is 7.94. The Morgan fingerprint density at radius 3 is 2.88 bits per heavy atom. The monoisotopic (exact) mass is 234 g/mol. The van der Waals surface area contributed by atoms with Gasteiger partial charge in [0.1, 0.15) is 11.4 Å². The molecule has 1 aromatic carbocycles. The molecule has 0 aliphatic carbocycles. The van der Waals surface area contributed by atoms with E-state index in [0.717, 1.165) is 17.7 Å². The van der Waals surface area contributed by atoms with Gasteiger partial charge in [-0.1, -0.05) is 6.07 Å². The summed E-state index contributed by atoms with van der Waals surface area (Å²) in [6.45, 7) is 6.17. The van der Waals surface area contributed by atoms with E-state index in [-0.39, 0.29) is 11.7 Å². The molecule has 0 bridgehead atoms. The number of aryl methyl sites for hydroxylation is 1. The molecule has 3 nitrogen and oxygen atoms in total. The Bertz CT molecular complexity index is 465. The molecule has 1 N–H and O–H groups in total. The van der Waals surface area contributed by atoms with Gasteiger partial charge in [0.25, 0.3) is 0 Å². The molecule has 17 heavy (non-hydrogen) atoms. The minimum absolute atomic E-state index is 0.0342. The maximum Gasteiger partial charge on any atom is 0.159 e. The highest BCUT2D eigenvalue weighted by Crippen LogP contribution is 2.46. The third kappa shape index (κ3) is 1.83. The van der Waals surface area contributed by atoms with Crippen LogP contribution in [0.1, 0.15) is 43.1 Å². The van der Waals surface area contributed by atoms with E-state index in [0.29, 0.717) is 6.42 Å². The zero-order valence-electron chi connectivity index (χ0n) is 10.5. The first-order valence-corrected chi connectivity index (χ1v) is 6.10. The van der Waals surface area contributed by atoms with Crippen LogP contribution >= 0.6 is 0 Å². The molecule has 0 fully saturated rings. The smallest absolute Gasteiger partial charge is 0.159 e. The van der Waals surface area contributed by atoms with E-state index in [1.165, 1.54) is 11.1 Å². The van der Waals surface area contributed by atoms with E-state index in [9.17, 15) is 5.11 Å². The van der Waals surface area contributed by atoms with Gasteiger partial charge in [0, 0.05) is 18.4 Å². The van der Waals surface area contributed by atoms with Gasteiger partial charge in [-0.3, -0.25) is 0 Å². The Morgan fingerprint density at radius 2 is 2.12 bits per heavy atom. The Kier molecular flexibility index (Phi) is 2.25. The van der Waals surface area contributed by atoms with Crippen LogP contribution in [0.3, 0.4) is 0 Å². The molecule has 0 unspecified atom stereocenters. The van der Waals surface area contributed by atoms with E-state index < -0.39 is 6.29 Å². The highest BCUT2D eigenvalue weighted by atomic mass is 16.6. The number of ether oxygens (including phenoxy) is 2. The van der Waals surface area contributed by atoms with Crippen LogP contribution in [-0.2, 0) is 11.2 Å². The highest BCUT2D eigenvalue weighted by Gasteiger charge is 2.39. The van der Waals surface area contributed by atoms with Crippen molar-refractivity contribution in [2.45, 2.75) is 51.6 Å². The molecule has 2 heterocycles. The average Bonchev–Trinajstić information content (AvgIpc) is 2.12. The van der Waals surface area contributed by atoms with Crippen molar-refractivity contribution in [1.82, 2.24) is 0 Å². The molecule has 0 amide bonds. The van der Waals surface area contributed by atoms with E-state index in [2.05, 4.69) is 32.9 Å². The third-order valence-corrected chi connectivity index (χ3v) is 3.47. The second-order valence-electron chi connectivity index (χ2n) is 5.69. The molecule has 0 saturated heterocycles. The number of rotatable bonds is 0. The van der Waals surface area contributed by atoms with Crippen LogP contribution in [0.4, 0.5) is 0 Å². The largest absolute Gasteiger partial charge is 0.487 e. The van der Waals surface area contributed by atoms with E-state index in [1.54, 1.807) is 0 Å². The fourth-order valence-corrected chi connectivity index (χ4v) is 2.89. The summed E-state index contributed by atoms with van der Waals surface area (Å²) in [6, 6.07) is 4.19. The third-order valence-electron chi connectivity index (χ3n) is 3.47. The van der Waals surface area contributed by atoms with Gasteiger partial charge in [-0.25, -0.2) is 0 Å². The van der Waals surface area contributed by atoms with Crippen LogP contribution in [0.5, 0.6) is 5.75 Å². The van der Waals surface area contributed by atoms with Crippen LogP contribution in [0.25, 0.3) is 0 Å². The molecule has 2 aliphatic heterocycles. The van der Waals surface area contributed by atoms with Crippen LogP contribution < -0.4 is 4.74 Å². The van der Waals surface area contributed by atoms with E-state index >= 15 is 0 Å². The Hall–Kier alpha value is -1.06. The van der Waals surface area contributed by atoms with Crippen LogP contribution in [0.15, 0.2) is 12.1 Å². The topological polar surface area (TPSA) is 38.7 Å². The van der Waals surface area contributed by atoms with Crippen molar-refractivity contribution in [2.75, 3.05) is 0 Å². The maximum absolute atomic E-state index is 9.77. The molecule has 3 rings (SSSR count). The summed E-state index contributed by atoms with van der Waals surface area (Å²) in [6.07, 6.45) is 0.626. The predicted molar refractivity (Wildman–Crippen MR) is 64.0 cm³/mol. The van der Waals surface area contributed by atoms with Gasteiger partial charge in [0.2, 0.25) is 0 Å². The van der Waals surface area contributed by atoms with E-state index in [4.69, 9.17) is 9.47 Å². The van der Waals surface area contributed by atoms with Crippen LogP contribution in [-0.4, -0.2) is 17.0 Å². The molecule has 1 aromatic rings. The van der Waals surface area contributed by atoms with E-state index in [1.807, 2.05) is 0 Å². The number of hydrogen-bond donors (Lipinski definition) is 1. The fourth-order valence-electron chi connectivity index (χ4n) is 2.89. The molecule has 0 radical (unpaired) electrons. The van der Waals surface area contributed by atoms with Crippen molar-refractivity contribution in [3.63, 3.8) is 0 Å². The lowest BCUT2D eigenvalue weighted by Gasteiger charge is -2.41. The summed E-state index contributed by atoms with van der Waals surface area (Å²) in [5, 5.41) is 9.77. The lowest BCUT2D eigenvalue weighted by atomic mass is 9.85. The molecular formula is C14H18O3. The Labute approximate surface area is 101 Å². The molecule has 0 aromatic heterocycles. The van der Waals surface area contributed by atoms with Crippen molar-refractivity contribution < 1.29 is 14.6 Å². The molecule has 92 valence electrons. The second-order valence-corrected chi connectivity index (χ2v) is 5.69. The standard InChI is InChI=1S/C14H18O3/c1-8-4-9-6-12(15)16-11-7-14(2,3)17-10(5-8)13(9)11/h4-5,11-12,15H,6-7H2,1-3H3/t11-,12-/m0/s1. The highest BCUT2D eigenvalue weighted by molar-refractivity contribution is 5.48. The van der Waals surface area contributed by atoms with Crippen molar-refractivity contribution in [3.05, 3.63) is 28.8 Å². The molecule has 2 aliphatic rings. The van der Waals surface area contributed by atoms with Gasteiger partial charge >= 0.3 is 0 Å². The summed E-state index contributed by atoms with van der Waals surface area (Å²) >= 11 is 0. The van der Waals surface area contributed by atoms with Crippen molar-refractivity contribution in [3.8, 4) is 5.75 Å². The number of aliphatic hydroxyl groups is 1. The zero-order chi connectivity index (χ0) is 12.2. The SMILES string of the molecule is Cc1cc2c3c(c1)OC(C)(C)C[C@@H]3O[C@H](O)C2. The minimum atomic E-state index is -0.684. The first kappa shape index (κ1) is 11.1. The molecule has 0 saturated carbocycles. The van der Waals surface area contributed by atoms with Gasteiger partial charge in [0.15, 0.2) is 6.29 Å². The Balaban J connectivity index is 2.16. The predicted octanol–water partition coefficient (Wildman–Crippen LogP) is 2.49. The van der Waals surface area contributed by atoms with Gasteiger partial charge < -0.3 is 14.6 Å². The van der Waals surface area contributed by atoms with Crippen molar-refractivity contribution >= 4 is 0 Å². The van der Waals surface area contributed by atoms with Gasteiger partial charge in [-0.2, -0.15) is 0 Å². The number of hydrogen-bond acceptors (Lipinski definition) is 3. The normalized spacial score (nSPS) is 29.4. The van der Waals surface area contributed by atoms with Crippen LogP contribution in [0.2, 0.25) is 0 Å². The Morgan fingerprint density at radius 1 is 1.35 bits per heavy atom. The minimum Gasteiger partial charge on any atom is -0.487 e. The zero-order valence-corrected chi connectivity index (χ0v) is 10.5. The molecule has 0 spiro atoms. The average molecular weight is 234 g/mol. The summed E-state index contributed by atoms with van der Waals surface area (Å²) in [5.74, 6) is 0.924. The fraction of sp³-hybridized carbons (Fsp3) is 0.571.